The second-order valence-electron chi connectivity index (χ2n) is 15.9. The first-order chi connectivity index (χ1) is 24.2. The van der Waals surface area contributed by atoms with Crippen molar-refractivity contribution in [1.29, 1.82) is 0 Å². The van der Waals surface area contributed by atoms with Crippen molar-refractivity contribution < 1.29 is 23.5 Å². The fourth-order valence-electron chi connectivity index (χ4n) is 7.41. The molecule has 3 aliphatic rings. The van der Waals surface area contributed by atoms with E-state index in [0.717, 1.165) is 22.4 Å². The first-order valence-electron chi connectivity index (χ1n) is 17.9. The van der Waals surface area contributed by atoms with E-state index in [1.165, 1.54) is 0 Å². The van der Waals surface area contributed by atoms with Gasteiger partial charge in [0.1, 0.15) is 17.3 Å². The summed E-state index contributed by atoms with van der Waals surface area (Å²) in [4.78, 5) is 34.6. The van der Waals surface area contributed by atoms with Gasteiger partial charge in [0.05, 0.1) is 24.9 Å². The molecule has 0 N–H and O–H groups in total. The van der Waals surface area contributed by atoms with E-state index in [0.29, 0.717) is 23.6 Å². The highest BCUT2D eigenvalue weighted by Crippen LogP contribution is 2.55. The van der Waals surface area contributed by atoms with Crippen molar-refractivity contribution in [3.8, 4) is 5.75 Å². The van der Waals surface area contributed by atoms with Gasteiger partial charge in [0.2, 0.25) is 5.91 Å². The molecule has 1 aliphatic carbocycles. The standard InChI is InChI=1S/C43H48N2O5Si/c1-41(2,3)51(6,7)50-36-25-17-16-24-35(36)44(28-30-18-10-8-11-19-30)39(46)33-26-37-38(49-42(4,5)48-37)27-43(33)32-22-14-15-23-34(32)45(40(43)47)29-31-20-12-9-13-21-31/h8-26,37-38H,27-29H2,1-7H3/t37-,38-,43-/m1/s1. The van der Waals surface area contributed by atoms with Gasteiger partial charge in [0, 0.05) is 11.3 Å². The van der Waals surface area contributed by atoms with Crippen LogP contribution in [0, 0.1) is 0 Å². The molecule has 0 bridgehead atoms. The second kappa shape index (κ2) is 12.9. The van der Waals surface area contributed by atoms with E-state index in [1.54, 1.807) is 4.90 Å². The Hall–Kier alpha value is -4.50. The lowest BCUT2D eigenvalue weighted by molar-refractivity contribution is -0.145. The maximum Gasteiger partial charge on any atom is 0.255 e. The number of anilines is 2. The number of carbonyl (C=O) groups excluding carboxylic acids is 2. The van der Waals surface area contributed by atoms with E-state index in [9.17, 15) is 0 Å². The quantitative estimate of drug-likeness (QED) is 0.172. The van der Waals surface area contributed by atoms with Crippen molar-refractivity contribution in [2.45, 2.75) is 95.7 Å². The zero-order valence-corrected chi connectivity index (χ0v) is 31.7. The molecule has 0 unspecified atom stereocenters. The minimum absolute atomic E-state index is 0.0614. The molecular formula is C43H48N2O5Si. The van der Waals surface area contributed by atoms with Gasteiger partial charge in [0.25, 0.3) is 14.2 Å². The van der Waals surface area contributed by atoms with Crippen LogP contribution in [-0.2, 0) is 37.6 Å². The smallest absolute Gasteiger partial charge is 0.255 e. The van der Waals surface area contributed by atoms with E-state index in [2.05, 4.69) is 33.9 Å². The van der Waals surface area contributed by atoms with Crippen LogP contribution in [0.25, 0.3) is 0 Å². The SMILES string of the molecule is CC1(C)O[C@@H]2C=C(C(=O)N(Cc3ccccc3)c3ccccc3O[Si](C)(C)C(C)(C)C)[C@]3(C[C@H]2O1)C(=O)N(Cc1ccccc1)c1ccccc13. The van der Waals surface area contributed by atoms with Crippen molar-refractivity contribution in [2.75, 3.05) is 9.80 Å². The molecule has 0 aromatic heterocycles. The summed E-state index contributed by atoms with van der Waals surface area (Å²) in [5, 5.41) is -0.0614. The van der Waals surface area contributed by atoms with Gasteiger partial charge in [-0.05, 0) is 79.4 Å². The third-order valence-electron chi connectivity index (χ3n) is 11.0. The van der Waals surface area contributed by atoms with Crippen LogP contribution < -0.4 is 14.2 Å². The lowest BCUT2D eigenvalue weighted by Gasteiger charge is -2.40. The molecule has 264 valence electrons. The Labute approximate surface area is 303 Å². The van der Waals surface area contributed by atoms with E-state index in [-0.39, 0.29) is 29.8 Å². The number of ether oxygens (including phenoxy) is 2. The second-order valence-corrected chi connectivity index (χ2v) is 20.7. The lowest BCUT2D eigenvalue weighted by Crippen LogP contribution is -2.52. The van der Waals surface area contributed by atoms with Crippen LogP contribution in [0.2, 0.25) is 18.1 Å². The minimum atomic E-state index is -2.31. The number of hydrogen-bond donors (Lipinski definition) is 0. The molecule has 3 atom stereocenters. The summed E-state index contributed by atoms with van der Waals surface area (Å²) in [5.41, 5.74) is 3.35. The number of fused-ring (bicyclic) bond motifs is 3. The Morgan fingerprint density at radius 2 is 1.47 bits per heavy atom. The first-order valence-corrected chi connectivity index (χ1v) is 20.8. The van der Waals surface area contributed by atoms with Gasteiger partial charge in [-0.25, -0.2) is 0 Å². The molecule has 0 radical (unpaired) electrons. The first kappa shape index (κ1) is 34.9. The summed E-state index contributed by atoms with van der Waals surface area (Å²) in [5.74, 6) is -0.614. The molecular weight excluding hydrogens is 653 g/mol. The molecule has 1 saturated heterocycles. The summed E-state index contributed by atoms with van der Waals surface area (Å²) >= 11 is 0. The fraction of sp³-hybridized carbons (Fsp3) is 0.349. The Morgan fingerprint density at radius 1 is 0.863 bits per heavy atom. The highest BCUT2D eigenvalue weighted by Gasteiger charge is 2.61. The largest absolute Gasteiger partial charge is 0.542 e. The van der Waals surface area contributed by atoms with E-state index in [4.69, 9.17) is 13.9 Å². The Morgan fingerprint density at radius 3 is 2.16 bits per heavy atom. The van der Waals surface area contributed by atoms with Gasteiger partial charge in [-0.3, -0.25) is 9.59 Å². The summed E-state index contributed by atoms with van der Waals surface area (Å²) in [6.45, 7) is 15.5. The predicted octanol–water partition coefficient (Wildman–Crippen LogP) is 8.94. The summed E-state index contributed by atoms with van der Waals surface area (Å²) in [6.07, 6.45) is 1.24. The topological polar surface area (TPSA) is 68.3 Å². The number of para-hydroxylation sites is 3. The molecule has 51 heavy (non-hydrogen) atoms. The Bertz CT molecular complexity index is 1970. The zero-order chi connectivity index (χ0) is 36.2. The van der Waals surface area contributed by atoms with Crippen LogP contribution in [0.1, 0.15) is 57.7 Å². The van der Waals surface area contributed by atoms with Gasteiger partial charge < -0.3 is 23.7 Å². The van der Waals surface area contributed by atoms with E-state index < -0.39 is 31.7 Å². The summed E-state index contributed by atoms with van der Waals surface area (Å²) in [7, 11) is -2.31. The lowest BCUT2D eigenvalue weighted by atomic mass is 9.66. The number of hydrogen-bond acceptors (Lipinski definition) is 5. The van der Waals surface area contributed by atoms with E-state index >= 15 is 9.59 Å². The Balaban J connectivity index is 1.40. The monoisotopic (exact) mass is 700 g/mol. The van der Waals surface area contributed by atoms with Crippen LogP contribution in [0.4, 0.5) is 11.4 Å². The van der Waals surface area contributed by atoms with Gasteiger partial charge in [0.15, 0.2) is 5.79 Å². The number of nitrogens with zero attached hydrogens (tertiary/aromatic N) is 2. The van der Waals surface area contributed by atoms with Crippen molar-refractivity contribution in [2.24, 2.45) is 0 Å². The van der Waals surface area contributed by atoms with Gasteiger partial charge in [-0.15, -0.1) is 0 Å². The fourth-order valence-corrected chi connectivity index (χ4v) is 8.44. The number of amides is 2. The van der Waals surface area contributed by atoms with Crippen LogP contribution >= 0.6 is 0 Å². The molecule has 1 spiro atoms. The molecule has 2 heterocycles. The maximum absolute atomic E-state index is 15.7. The highest BCUT2D eigenvalue weighted by molar-refractivity contribution is 6.74. The number of benzene rings is 4. The molecule has 8 heteroatoms. The average molecular weight is 701 g/mol. The number of carbonyl (C=O) groups is 2. The van der Waals surface area contributed by atoms with Crippen LogP contribution in [0.15, 0.2) is 121 Å². The number of rotatable bonds is 8. The molecule has 4 aromatic rings. The molecule has 7 rings (SSSR count). The van der Waals surface area contributed by atoms with Crippen molar-refractivity contribution in [3.05, 3.63) is 138 Å². The normalized spacial score (nSPS) is 22.4. The minimum Gasteiger partial charge on any atom is -0.542 e. The maximum atomic E-state index is 15.7. The average Bonchev–Trinajstić information content (AvgIpc) is 3.52. The molecule has 4 aromatic carbocycles. The molecule has 7 nitrogen and oxygen atoms in total. The van der Waals surface area contributed by atoms with Gasteiger partial charge >= 0.3 is 0 Å². The molecule has 2 amide bonds. The predicted molar refractivity (Wildman–Crippen MR) is 204 cm³/mol. The molecule has 2 aliphatic heterocycles. The van der Waals surface area contributed by atoms with Crippen molar-refractivity contribution in [3.63, 3.8) is 0 Å². The molecule has 0 saturated carbocycles. The summed E-state index contributed by atoms with van der Waals surface area (Å²) in [6, 6.07) is 35.6. The summed E-state index contributed by atoms with van der Waals surface area (Å²) < 4.78 is 19.8. The third-order valence-corrected chi connectivity index (χ3v) is 15.3. The molecule has 1 fully saturated rings. The highest BCUT2D eigenvalue weighted by atomic mass is 28.4. The van der Waals surface area contributed by atoms with Crippen molar-refractivity contribution >= 4 is 31.5 Å². The zero-order valence-electron chi connectivity index (χ0n) is 30.7. The van der Waals surface area contributed by atoms with Crippen molar-refractivity contribution in [1.82, 2.24) is 0 Å². The van der Waals surface area contributed by atoms with Gasteiger partial charge in [-0.2, -0.15) is 0 Å². The van der Waals surface area contributed by atoms with Crippen LogP contribution in [-0.4, -0.2) is 38.1 Å². The van der Waals surface area contributed by atoms with E-state index in [1.807, 2.05) is 134 Å². The Kier molecular flexibility index (Phi) is 8.85. The third kappa shape index (κ3) is 6.34. The van der Waals surface area contributed by atoms with Crippen LogP contribution in [0.5, 0.6) is 5.75 Å². The van der Waals surface area contributed by atoms with Gasteiger partial charge in [-0.1, -0.05) is 112 Å². The van der Waals surface area contributed by atoms with Crippen LogP contribution in [0.3, 0.4) is 0 Å².